The molecule has 0 unspecified atom stereocenters. The summed E-state index contributed by atoms with van der Waals surface area (Å²) in [6.07, 6.45) is 0.625. The summed E-state index contributed by atoms with van der Waals surface area (Å²) in [5.41, 5.74) is 0. The van der Waals surface area contributed by atoms with Gasteiger partial charge < -0.3 is 9.53 Å². The lowest BCUT2D eigenvalue weighted by Gasteiger charge is -2.09. The van der Waals surface area contributed by atoms with Crippen LogP contribution in [0, 0.1) is 0 Å². The summed E-state index contributed by atoms with van der Waals surface area (Å²) in [6.45, 7) is 3.69. The summed E-state index contributed by atoms with van der Waals surface area (Å²) in [4.78, 5) is 19.1. The van der Waals surface area contributed by atoms with E-state index in [1.54, 1.807) is 0 Å². The Hall–Kier alpha value is -0.860. The Balaban J connectivity index is 0.000000148. The number of cyclic esters (lactones) is 1. The first-order chi connectivity index (χ1) is 4.13. The molecule has 52 valence electrons. The van der Waals surface area contributed by atoms with Crippen LogP contribution in [0.1, 0.15) is 20.3 Å². The predicted octanol–water partition coefficient (Wildman–Crippen LogP) is 0.529. The van der Waals surface area contributed by atoms with Crippen molar-refractivity contribution in [2.45, 2.75) is 20.3 Å². The minimum Gasteiger partial charge on any atom is -0.465 e. The number of rotatable bonds is 0. The van der Waals surface area contributed by atoms with Gasteiger partial charge in [-0.3, -0.25) is 4.79 Å². The van der Waals surface area contributed by atoms with E-state index >= 15 is 0 Å². The van der Waals surface area contributed by atoms with Crippen LogP contribution in [0.2, 0.25) is 0 Å². The molecule has 0 spiro atoms. The minimum absolute atomic E-state index is 0.0648. The van der Waals surface area contributed by atoms with Crippen molar-refractivity contribution in [3.63, 3.8) is 0 Å². The number of Topliss-reactive ketones (excluding diaryl/α,β-unsaturated/α-hetero) is 1. The number of esters is 1. The molecule has 1 rings (SSSR count). The lowest BCUT2D eigenvalue weighted by molar-refractivity contribution is -0.157. The van der Waals surface area contributed by atoms with Crippen molar-refractivity contribution in [2.75, 3.05) is 6.61 Å². The molecule has 3 heteroatoms. The summed E-state index contributed by atoms with van der Waals surface area (Å²) in [7, 11) is 0. The SMILES string of the molecule is CC(C)=O.O=C1CCO1. The predicted molar refractivity (Wildman–Crippen MR) is 31.9 cm³/mol. The summed E-state index contributed by atoms with van der Waals surface area (Å²) in [6, 6.07) is 0. The summed E-state index contributed by atoms with van der Waals surface area (Å²) in [5.74, 6) is 0.102. The first kappa shape index (κ1) is 8.14. The number of ketones is 1. The maximum absolute atomic E-state index is 9.68. The summed E-state index contributed by atoms with van der Waals surface area (Å²) < 4.78 is 4.29. The van der Waals surface area contributed by atoms with E-state index in [-0.39, 0.29) is 11.8 Å². The third-order valence-electron chi connectivity index (χ3n) is 0.569. The number of carbonyl (C=O) groups excluding carboxylic acids is 2. The largest absolute Gasteiger partial charge is 0.465 e. The van der Waals surface area contributed by atoms with Crippen molar-refractivity contribution in [1.29, 1.82) is 0 Å². The highest BCUT2D eigenvalue weighted by molar-refractivity contribution is 5.73. The molecule has 1 aliphatic rings. The van der Waals surface area contributed by atoms with E-state index in [1.165, 1.54) is 13.8 Å². The highest BCUT2D eigenvalue weighted by Crippen LogP contribution is 1.97. The lowest BCUT2D eigenvalue weighted by Crippen LogP contribution is -2.18. The van der Waals surface area contributed by atoms with Crippen molar-refractivity contribution < 1.29 is 14.3 Å². The maximum atomic E-state index is 9.68. The van der Waals surface area contributed by atoms with E-state index in [4.69, 9.17) is 0 Å². The van der Waals surface area contributed by atoms with Gasteiger partial charge in [-0.2, -0.15) is 0 Å². The van der Waals surface area contributed by atoms with Gasteiger partial charge in [0.15, 0.2) is 0 Å². The number of hydrogen-bond acceptors (Lipinski definition) is 3. The Labute approximate surface area is 54.0 Å². The Kier molecular flexibility index (Phi) is 3.67. The Morgan fingerprint density at radius 1 is 1.56 bits per heavy atom. The van der Waals surface area contributed by atoms with Gasteiger partial charge in [-0.25, -0.2) is 0 Å². The quantitative estimate of drug-likeness (QED) is 0.449. The molecule has 0 aromatic heterocycles. The molecule has 1 fully saturated rings. The molecule has 0 aromatic carbocycles. The fraction of sp³-hybridized carbons (Fsp3) is 0.667. The van der Waals surface area contributed by atoms with Gasteiger partial charge in [-0.05, 0) is 13.8 Å². The zero-order valence-electron chi connectivity index (χ0n) is 5.64. The first-order valence-electron chi connectivity index (χ1n) is 2.75. The monoisotopic (exact) mass is 130 g/mol. The molecule has 1 heterocycles. The minimum atomic E-state index is -0.0648. The summed E-state index contributed by atoms with van der Waals surface area (Å²) >= 11 is 0. The molecule has 0 aromatic rings. The van der Waals surface area contributed by atoms with Crippen LogP contribution in [0.4, 0.5) is 0 Å². The number of ether oxygens (including phenoxy) is 1. The van der Waals surface area contributed by atoms with Crippen LogP contribution >= 0.6 is 0 Å². The van der Waals surface area contributed by atoms with Gasteiger partial charge in [0, 0.05) is 0 Å². The van der Waals surface area contributed by atoms with E-state index in [9.17, 15) is 9.59 Å². The fourth-order valence-electron chi connectivity index (χ4n) is 0.185. The molecule has 0 bridgehead atoms. The van der Waals surface area contributed by atoms with Gasteiger partial charge in [-0.1, -0.05) is 0 Å². The summed E-state index contributed by atoms with van der Waals surface area (Å²) in [5, 5.41) is 0. The second-order valence-corrected chi connectivity index (χ2v) is 1.88. The molecule has 0 amide bonds. The van der Waals surface area contributed by atoms with Crippen LogP contribution in [0.5, 0.6) is 0 Å². The topological polar surface area (TPSA) is 43.4 Å². The lowest BCUT2D eigenvalue weighted by atomic mass is 10.4. The molecule has 0 N–H and O–H groups in total. The molecule has 0 aliphatic carbocycles. The van der Waals surface area contributed by atoms with Gasteiger partial charge in [0.1, 0.15) is 12.4 Å². The van der Waals surface area contributed by atoms with E-state index in [1.807, 2.05) is 0 Å². The molecule has 0 radical (unpaired) electrons. The number of hydrogen-bond donors (Lipinski definition) is 0. The van der Waals surface area contributed by atoms with Crippen LogP contribution in [-0.2, 0) is 14.3 Å². The van der Waals surface area contributed by atoms with Crippen molar-refractivity contribution in [2.24, 2.45) is 0 Å². The van der Waals surface area contributed by atoms with Gasteiger partial charge in [0.05, 0.1) is 6.42 Å². The van der Waals surface area contributed by atoms with Gasteiger partial charge in [0.2, 0.25) is 0 Å². The standard InChI is InChI=1S/C3H4O2.C3H6O/c4-3-1-2-5-3;1-3(2)4/h1-2H2;1-2H3. The molecule has 3 nitrogen and oxygen atoms in total. The molecule has 9 heavy (non-hydrogen) atoms. The zero-order chi connectivity index (χ0) is 7.28. The van der Waals surface area contributed by atoms with E-state index in [0.717, 1.165) is 0 Å². The third kappa shape index (κ3) is 7.14. The van der Waals surface area contributed by atoms with Crippen molar-refractivity contribution in [3.8, 4) is 0 Å². The number of carbonyl (C=O) groups is 2. The Morgan fingerprint density at radius 2 is 1.78 bits per heavy atom. The van der Waals surface area contributed by atoms with E-state index in [2.05, 4.69) is 4.74 Å². The van der Waals surface area contributed by atoms with Crippen LogP contribution in [0.3, 0.4) is 0 Å². The van der Waals surface area contributed by atoms with E-state index < -0.39 is 0 Å². The van der Waals surface area contributed by atoms with Crippen LogP contribution in [0.15, 0.2) is 0 Å². The second-order valence-electron chi connectivity index (χ2n) is 1.88. The van der Waals surface area contributed by atoms with Gasteiger partial charge >= 0.3 is 5.97 Å². The van der Waals surface area contributed by atoms with Gasteiger partial charge in [0.25, 0.3) is 0 Å². The van der Waals surface area contributed by atoms with Crippen LogP contribution in [-0.4, -0.2) is 18.4 Å². The van der Waals surface area contributed by atoms with Crippen LogP contribution in [0.25, 0.3) is 0 Å². The highest BCUT2D eigenvalue weighted by Gasteiger charge is 2.10. The molecular weight excluding hydrogens is 120 g/mol. The second kappa shape index (κ2) is 4.06. The average Bonchev–Trinajstić information content (AvgIpc) is 1.59. The smallest absolute Gasteiger partial charge is 0.309 e. The van der Waals surface area contributed by atoms with Crippen molar-refractivity contribution in [3.05, 3.63) is 0 Å². The first-order valence-corrected chi connectivity index (χ1v) is 2.75. The van der Waals surface area contributed by atoms with E-state index in [0.29, 0.717) is 13.0 Å². The highest BCUT2D eigenvalue weighted by atomic mass is 16.6. The Bertz CT molecular complexity index is 107. The molecule has 1 aliphatic heterocycles. The molecule has 1 saturated heterocycles. The van der Waals surface area contributed by atoms with Gasteiger partial charge in [-0.15, -0.1) is 0 Å². The Morgan fingerprint density at radius 3 is 1.78 bits per heavy atom. The zero-order valence-corrected chi connectivity index (χ0v) is 5.64. The average molecular weight is 130 g/mol. The fourth-order valence-corrected chi connectivity index (χ4v) is 0.185. The third-order valence-corrected chi connectivity index (χ3v) is 0.569. The maximum Gasteiger partial charge on any atom is 0.309 e. The van der Waals surface area contributed by atoms with Crippen LogP contribution < -0.4 is 0 Å². The van der Waals surface area contributed by atoms with Crippen molar-refractivity contribution >= 4 is 11.8 Å². The normalized spacial score (nSPS) is 14.2. The molecular formula is C6H10O3. The molecule has 0 atom stereocenters. The molecule has 0 saturated carbocycles. The van der Waals surface area contributed by atoms with Crippen molar-refractivity contribution in [1.82, 2.24) is 0 Å².